The van der Waals surface area contributed by atoms with E-state index in [0.717, 1.165) is 32.2 Å². The van der Waals surface area contributed by atoms with Crippen molar-refractivity contribution in [2.45, 2.75) is 79.3 Å². The molecule has 11 unspecified atom stereocenters. The summed E-state index contributed by atoms with van der Waals surface area (Å²) < 4.78 is 17.3. The molecule has 4 saturated carbocycles. The van der Waals surface area contributed by atoms with Crippen molar-refractivity contribution in [3.63, 3.8) is 0 Å². The maximum absolute atomic E-state index is 13.5. The second-order valence-corrected chi connectivity index (χ2v) is 12.2. The first kappa shape index (κ1) is 21.6. The van der Waals surface area contributed by atoms with Gasteiger partial charge in [0.1, 0.15) is 21.7 Å². The molecule has 11 atom stereocenters. The molecule has 4 aliphatic carbocycles. The first-order valence-corrected chi connectivity index (χ1v) is 13.3. The van der Waals surface area contributed by atoms with Crippen LogP contribution in [0.5, 0.6) is 0 Å². The number of carbonyl (C=O) groups excluding carboxylic acids is 3. The minimum Gasteiger partial charge on any atom is -0.459 e. The van der Waals surface area contributed by atoms with Crippen LogP contribution in [-0.4, -0.2) is 51.8 Å². The van der Waals surface area contributed by atoms with E-state index < -0.39 is 45.2 Å². The number of fused-ring (bicyclic) bond motifs is 3. The topological polar surface area (TPSA) is 117 Å². The molecule has 32 heavy (non-hydrogen) atoms. The monoisotopic (exact) mass is 558 g/mol. The number of rotatable bonds is 6. The predicted molar refractivity (Wildman–Crippen MR) is 120 cm³/mol. The fraction of sp³-hybridized carbons (Fsp3) is 0.870. The Morgan fingerprint density at radius 1 is 1.31 bits per heavy atom. The third-order valence-electron chi connectivity index (χ3n) is 9.54. The zero-order chi connectivity index (χ0) is 22.4. The summed E-state index contributed by atoms with van der Waals surface area (Å²) >= 11 is 2.02. The Morgan fingerprint density at radius 2 is 2.09 bits per heavy atom. The smallest absolute Gasteiger partial charge is 0.322 e. The van der Waals surface area contributed by atoms with Crippen LogP contribution in [0, 0.1) is 35.5 Å². The molecule has 2 heterocycles. The molecule has 9 heteroatoms. The van der Waals surface area contributed by atoms with Gasteiger partial charge in [0.05, 0.1) is 17.5 Å². The van der Waals surface area contributed by atoms with E-state index in [1.54, 1.807) is 0 Å². The van der Waals surface area contributed by atoms with Gasteiger partial charge in [-0.1, -0.05) is 29.5 Å². The molecule has 6 fully saturated rings. The quantitative estimate of drug-likeness (QED) is 0.219. The van der Waals surface area contributed by atoms with E-state index in [4.69, 9.17) is 19.9 Å². The van der Waals surface area contributed by atoms with Crippen LogP contribution >= 0.6 is 22.6 Å². The number of hydrogen-bond donors (Lipinski definition) is 2. The standard InChI is InChI=1S/C23H31IN2O6/c1-2-22(9-10-3-4-11(22)7-10)32-20(28)15-13-8-12-14(15)19(27)30-16(12)17(13)31-21(29)18(24)23(25)5-6-26-23/h10-18,26H,2-9,25H2,1H3. The minimum absolute atomic E-state index is 0.0817. The number of nitrogens with one attached hydrogen (secondary N) is 1. The highest BCUT2D eigenvalue weighted by Gasteiger charge is 2.71. The summed E-state index contributed by atoms with van der Waals surface area (Å²) in [6.07, 6.45) is 5.50. The van der Waals surface area contributed by atoms with Gasteiger partial charge in [-0.05, 0) is 63.3 Å². The molecular formula is C23H31IN2O6. The van der Waals surface area contributed by atoms with Crippen molar-refractivity contribution in [1.29, 1.82) is 0 Å². The highest BCUT2D eigenvalue weighted by atomic mass is 127. The largest absolute Gasteiger partial charge is 0.459 e. The van der Waals surface area contributed by atoms with Crippen molar-refractivity contribution >= 4 is 40.5 Å². The van der Waals surface area contributed by atoms with Crippen LogP contribution in [0.15, 0.2) is 0 Å². The molecule has 2 saturated heterocycles. The van der Waals surface area contributed by atoms with Gasteiger partial charge >= 0.3 is 17.9 Å². The molecule has 0 aromatic carbocycles. The van der Waals surface area contributed by atoms with Crippen molar-refractivity contribution in [2.24, 2.45) is 41.2 Å². The van der Waals surface area contributed by atoms with Gasteiger partial charge in [0.15, 0.2) is 0 Å². The van der Waals surface area contributed by atoms with E-state index in [9.17, 15) is 14.4 Å². The Labute approximate surface area is 201 Å². The zero-order valence-corrected chi connectivity index (χ0v) is 20.4. The molecule has 6 rings (SSSR count). The van der Waals surface area contributed by atoms with Crippen LogP contribution in [0.1, 0.15) is 51.9 Å². The zero-order valence-electron chi connectivity index (χ0n) is 18.3. The van der Waals surface area contributed by atoms with E-state index in [2.05, 4.69) is 12.2 Å². The molecule has 4 bridgehead atoms. The number of esters is 3. The Hall–Kier alpha value is -0.940. The van der Waals surface area contributed by atoms with Gasteiger partial charge in [0, 0.05) is 11.8 Å². The van der Waals surface area contributed by atoms with Gasteiger partial charge in [0.25, 0.3) is 0 Å². The van der Waals surface area contributed by atoms with Gasteiger partial charge in [-0.2, -0.15) is 0 Å². The van der Waals surface area contributed by atoms with Crippen LogP contribution in [0.3, 0.4) is 0 Å². The lowest BCUT2D eigenvalue weighted by Gasteiger charge is -2.43. The molecule has 0 amide bonds. The van der Waals surface area contributed by atoms with Gasteiger partial charge in [-0.3, -0.25) is 19.7 Å². The van der Waals surface area contributed by atoms with Crippen molar-refractivity contribution in [3.8, 4) is 0 Å². The third-order valence-corrected chi connectivity index (χ3v) is 11.2. The molecule has 6 aliphatic rings. The fourth-order valence-corrected chi connectivity index (χ4v) is 8.47. The molecule has 8 nitrogen and oxygen atoms in total. The molecule has 0 radical (unpaired) electrons. The Morgan fingerprint density at radius 3 is 2.69 bits per heavy atom. The number of ether oxygens (including phenoxy) is 3. The summed E-state index contributed by atoms with van der Waals surface area (Å²) in [5.41, 5.74) is 5.08. The third kappa shape index (κ3) is 2.88. The second kappa shape index (κ2) is 7.28. The number of hydrogen-bond acceptors (Lipinski definition) is 8. The highest BCUT2D eigenvalue weighted by Crippen LogP contribution is 2.60. The molecule has 176 valence electrons. The molecule has 0 aromatic rings. The summed E-state index contributed by atoms with van der Waals surface area (Å²) in [5, 5.41) is 3.10. The van der Waals surface area contributed by atoms with E-state index >= 15 is 0 Å². The van der Waals surface area contributed by atoms with Crippen LogP contribution in [0.2, 0.25) is 0 Å². The summed E-state index contributed by atoms with van der Waals surface area (Å²) in [5.74, 6) is -1.36. The first-order chi connectivity index (χ1) is 15.3. The molecule has 2 aliphatic heterocycles. The van der Waals surface area contributed by atoms with Crippen molar-refractivity contribution in [1.82, 2.24) is 5.32 Å². The average molecular weight is 558 g/mol. The minimum atomic E-state index is -0.766. The van der Waals surface area contributed by atoms with E-state index in [1.165, 1.54) is 6.42 Å². The number of alkyl halides is 1. The van der Waals surface area contributed by atoms with Gasteiger partial charge in [-0.25, -0.2) is 0 Å². The van der Waals surface area contributed by atoms with E-state index in [1.807, 2.05) is 22.6 Å². The number of carbonyl (C=O) groups is 3. The van der Waals surface area contributed by atoms with Gasteiger partial charge in [0.2, 0.25) is 0 Å². The van der Waals surface area contributed by atoms with Gasteiger partial charge < -0.3 is 19.9 Å². The predicted octanol–water partition coefficient (Wildman–Crippen LogP) is 1.67. The second-order valence-electron chi connectivity index (χ2n) is 10.9. The lowest BCUT2D eigenvalue weighted by Crippen LogP contribution is -2.70. The summed E-state index contributed by atoms with van der Waals surface area (Å²) in [6, 6.07) is 0. The lowest BCUT2D eigenvalue weighted by atomic mass is 9.77. The molecule has 0 spiro atoms. The maximum atomic E-state index is 13.5. The molecule has 0 aromatic heterocycles. The fourth-order valence-electron chi connectivity index (χ4n) is 7.79. The Bertz CT molecular complexity index is 863. The maximum Gasteiger partial charge on any atom is 0.322 e. The molecule has 3 N–H and O–H groups in total. The Kier molecular flexibility index (Phi) is 4.91. The van der Waals surface area contributed by atoms with E-state index in [-0.39, 0.29) is 23.8 Å². The van der Waals surface area contributed by atoms with Crippen molar-refractivity contribution in [3.05, 3.63) is 0 Å². The first-order valence-electron chi connectivity index (χ1n) is 12.1. The normalized spacial score (nSPS) is 50.8. The van der Waals surface area contributed by atoms with E-state index in [0.29, 0.717) is 24.7 Å². The SMILES string of the molecule is CCC1(OC(=O)C2C3CC4C(OC(=O)C42)C3OC(=O)C(I)C2(N)CCN2)CC2CCC1C2. The summed E-state index contributed by atoms with van der Waals surface area (Å²) in [6.45, 7) is 2.87. The van der Waals surface area contributed by atoms with Crippen LogP contribution < -0.4 is 11.1 Å². The van der Waals surface area contributed by atoms with Crippen LogP contribution in [0.25, 0.3) is 0 Å². The number of halogens is 1. The van der Waals surface area contributed by atoms with Crippen molar-refractivity contribution < 1.29 is 28.6 Å². The molecular weight excluding hydrogens is 527 g/mol. The lowest BCUT2D eigenvalue weighted by molar-refractivity contribution is -0.180. The van der Waals surface area contributed by atoms with Crippen LogP contribution in [0.4, 0.5) is 0 Å². The summed E-state index contributed by atoms with van der Waals surface area (Å²) in [7, 11) is 0. The van der Waals surface area contributed by atoms with Crippen molar-refractivity contribution in [2.75, 3.05) is 6.54 Å². The number of nitrogens with two attached hydrogens (primary N) is 1. The van der Waals surface area contributed by atoms with Crippen LogP contribution in [-0.2, 0) is 28.6 Å². The van der Waals surface area contributed by atoms with Gasteiger partial charge in [-0.15, -0.1) is 0 Å². The average Bonchev–Trinajstić information content (AvgIpc) is 3.53. The highest BCUT2D eigenvalue weighted by molar-refractivity contribution is 14.1. The summed E-state index contributed by atoms with van der Waals surface area (Å²) in [4.78, 5) is 39.1. The Balaban J connectivity index is 1.21.